The van der Waals surface area contributed by atoms with Crippen LogP contribution in [0.1, 0.15) is 32.8 Å². The second kappa shape index (κ2) is 7.30. The Hall–Kier alpha value is -1.06. The number of rotatable bonds is 7. The van der Waals surface area contributed by atoms with Crippen molar-refractivity contribution in [3.63, 3.8) is 0 Å². The van der Waals surface area contributed by atoms with Gasteiger partial charge in [-0.2, -0.15) is 0 Å². The zero-order chi connectivity index (χ0) is 12.7. The molecule has 1 aromatic rings. The molecule has 0 heterocycles. The van der Waals surface area contributed by atoms with E-state index in [0.717, 1.165) is 24.3 Å². The summed E-state index contributed by atoms with van der Waals surface area (Å²) in [6, 6.07) is 8.34. The van der Waals surface area contributed by atoms with Crippen LogP contribution in [0.5, 0.6) is 5.75 Å². The van der Waals surface area contributed by atoms with Gasteiger partial charge in [0.15, 0.2) is 0 Å². The topological polar surface area (TPSA) is 41.5 Å². The minimum absolute atomic E-state index is 0.264. The molecule has 0 amide bonds. The molecule has 0 spiro atoms. The molecule has 0 saturated carbocycles. The summed E-state index contributed by atoms with van der Waals surface area (Å²) in [6.07, 6.45) is 0.496. The van der Waals surface area contributed by atoms with Crippen molar-refractivity contribution in [2.75, 3.05) is 6.61 Å². The summed E-state index contributed by atoms with van der Waals surface area (Å²) >= 11 is 0. The number of hydrogen-bond donors (Lipinski definition) is 2. The van der Waals surface area contributed by atoms with Gasteiger partial charge < -0.3 is 15.2 Å². The highest BCUT2D eigenvalue weighted by molar-refractivity contribution is 5.33. The number of aliphatic hydroxyl groups is 1. The summed E-state index contributed by atoms with van der Waals surface area (Å²) in [7, 11) is 0. The van der Waals surface area contributed by atoms with Gasteiger partial charge in [0.2, 0.25) is 0 Å². The SMILES string of the molecule is CCOc1ccccc1CNC(C)CC(C)O. The number of benzene rings is 1. The minimum atomic E-state index is -0.264. The molecule has 1 aromatic carbocycles. The maximum Gasteiger partial charge on any atom is 0.123 e. The molecule has 0 aliphatic heterocycles. The fraction of sp³-hybridized carbons (Fsp3) is 0.571. The second-order valence-corrected chi connectivity index (χ2v) is 4.41. The first-order valence-corrected chi connectivity index (χ1v) is 6.25. The summed E-state index contributed by atoms with van der Waals surface area (Å²) in [6.45, 7) is 7.33. The number of aliphatic hydroxyl groups excluding tert-OH is 1. The molecule has 0 bridgehead atoms. The van der Waals surface area contributed by atoms with E-state index in [0.29, 0.717) is 12.6 Å². The molecule has 2 atom stereocenters. The lowest BCUT2D eigenvalue weighted by Gasteiger charge is -2.17. The molecule has 0 saturated heterocycles. The maximum absolute atomic E-state index is 9.29. The molecule has 3 heteroatoms. The summed E-state index contributed by atoms with van der Waals surface area (Å²) < 4.78 is 5.56. The highest BCUT2D eigenvalue weighted by Gasteiger charge is 2.07. The van der Waals surface area contributed by atoms with Crippen molar-refractivity contribution in [3.05, 3.63) is 29.8 Å². The largest absolute Gasteiger partial charge is 0.494 e. The first-order valence-electron chi connectivity index (χ1n) is 6.25. The van der Waals surface area contributed by atoms with Gasteiger partial charge in [-0.25, -0.2) is 0 Å². The van der Waals surface area contributed by atoms with Crippen molar-refractivity contribution in [3.8, 4) is 5.75 Å². The molecule has 3 nitrogen and oxygen atoms in total. The number of nitrogens with one attached hydrogen (secondary N) is 1. The molecule has 0 radical (unpaired) electrons. The van der Waals surface area contributed by atoms with E-state index < -0.39 is 0 Å². The van der Waals surface area contributed by atoms with Crippen LogP contribution < -0.4 is 10.1 Å². The fourth-order valence-electron chi connectivity index (χ4n) is 1.83. The lowest BCUT2D eigenvalue weighted by Crippen LogP contribution is -2.28. The molecule has 1 rings (SSSR count). The molecular formula is C14H23NO2. The maximum atomic E-state index is 9.29. The van der Waals surface area contributed by atoms with E-state index in [1.165, 1.54) is 0 Å². The molecular weight excluding hydrogens is 214 g/mol. The third kappa shape index (κ3) is 5.20. The smallest absolute Gasteiger partial charge is 0.123 e. The van der Waals surface area contributed by atoms with Crippen molar-refractivity contribution in [2.24, 2.45) is 0 Å². The Balaban J connectivity index is 2.50. The van der Waals surface area contributed by atoms with Gasteiger partial charge in [0.1, 0.15) is 5.75 Å². The fourth-order valence-corrected chi connectivity index (χ4v) is 1.83. The van der Waals surface area contributed by atoms with E-state index in [1.807, 2.05) is 32.0 Å². The number of ether oxygens (including phenoxy) is 1. The Morgan fingerprint density at radius 1 is 1.29 bits per heavy atom. The normalized spacial score (nSPS) is 14.4. The van der Waals surface area contributed by atoms with E-state index in [2.05, 4.69) is 18.3 Å². The van der Waals surface area contributed by atoms with Gasteiger partial charge in [0.25, 0.3) is 0 Å². The molecule has 0 aromatic heterocycles. The predicted molar refractivity (Wildman–Crippen MR) is 70.2 cm³/mol. The van der Waals surface area contributed by atoms with Crippen LogP contribution in [0.25, 0.3) is 0 Å². The monoisotopic (exact) mass is 237 g/mol. The Morgan fingerprint density at radius 3 is 2.65 bits per heavy atom. The third-order valence-corrected chi connectivity index (χ3v) is 2.61. The van der Waals surface area contributed by atoms with E-state index in [9.17, 15) is 5.11 Å². The molecule has 0 fully saturated rings. The molecule has 17 heavy (non-hydrogen) atoms. The van der Waals surface area contributed by atoms with Crippen LogP contribution in [0.4, 0.5) is 0 Å². The van der Waals surface area contributed by atoms with Gasteiger partial charge in [-0.15, -0.1) is 0 Å². The van der Waals surface area contributed by atoms with E-state index in [4.69, 9.17) is 4.74 Å². The zero-order valence-corrected chi connectivity index (χ0v) is 10.9. The zero-order valence-electron chi connectivity index (χ0n) is 10.9. The van der Waals surface area contributed by atoms with Crippen LogP contribution in [0.15, 0.2) is 24.3 Å². The Bertz CT molecular complexity index is 326. The van der Waals surface area contributed by atoms with Crippen molar-refractivity contribution in [2.45, 2.75) is 45.9 Å². The molecule has 2 N–H and O–H groups in total. The predicted octanol–water partition coefficient (Wildman–Crippen LogP) is 2.33. The van der Waals surface area contributed by atoms with E-state index in [1.54, 1.807) is 0 Å². The average Bonchev–Trinajstić information content (AvgIpc) is 2.27. The molecule has 0 aliphatic rings. The van der Waals surface area contributed by atoms with Gasteiger partial charge in [-0.05, 0) is 33.3 Å². The summed E-state index contributed by atoms with van der Waals surface area (Å²) in [5, 5.41) is 12.7. The average molecular weight is 237 g/mol. The summed E-state index contributed by atoms with van der Waals surface area (Å²) in [5.74, 6) is 0.937. The van der Waals surface area contributed by atoms with Gasteiger partial charge in [0.05, 0.1) is 12.7 Å². The Morgan fingerprint density at radius 2 is 2.00 bits per heavy atom. The molecule has 96 valence electrons. The van der Waals surface area contributed by atoms with Gasteiger partial charge in [0, 0.05) is 18.2 Å². The van der Waals surface area contributed by atoms with Crippen molar-refractivity contribution < 1.29 is 9.84 Å². The van der Waals surface area contributed by atoms with Crippen LogP contribution in [0.3, 0.4) is 0 Å². The highest BCUT2D eigenvalue weighted by atomic mass is 16.5. The summed E-state index contributed by atoms with van der Waals surface area (Å²) in [4.78, 5) is 0. The van der Waals surface area contributed by atoms with E-state index >= 15 is 0 Å². The lowest BCUT2D eigenvalue weighted by atomic mass is 10.1. The van der Waals surface area contributed by atoms with Crippen LogP contribution in [-0.2, 0) is 6.54 Å². The minimum Gasteiger partial charge on any atom is -0.494 e. The molecule has 2 unspecified atom stereocenters. The van der Waals surface area contributed by atoms with Crippen molar-refractivity contribution >= 4 is 0 Å². The van der Waals surface area contributed by atoms with Crippen LogP contribution in [-0.4, -0.2) is 23.9 Å². The lowest BCUT2D eigenvalue weighted by molar-refractivity contribution is 0.170. The van der Waals surface area contributed by atoms with Gasteiger partial charge in [-0.3, -0.25) is 0 Å². The summed E-state index contributed by atoms with van der Waals surface area (Å²) in [5.41, 5.74) is 1.16. The van der Waals surface area contributed by atoms with Crippen molar-refractivity contribution in [1.29, 1.82) is 0 Å². The first kappa shape index (κ1) is 14.0. The van der Waals surface area contributed by atoms with E-state index in [-0.39, 0.29) is 6.10 Å². The first-order chi connectivity index (χ1) is 8.13. The van der Waals surface area contributed by atoms with Crippen LogP contribution in [0.2, 0.25) is 0 Å². The third-order valence-electron chi connectivity index (χ3n) is 2.61. The number of hydrogen-bond acceptors (Lipinski definition) is 3. The second-order valence-electron chi connectivity index (χ2n) is 4.41. The van der Waals surface area contributed by atoms with Gasteiger partial charge >= 0.3 is 0 Å². The highest BCUT2D eigenvalue weighted by Crippen LogP contribution is 2.17. The van der Waals surface area contributed by atoms with Crippen LogP contribution in [0, 0.1) is 0 Å². The quantitative estimate of drug-likeness (QED) is 0.765. The molecule has 0 aliphatic carbocycles. The standard InChI is InChI=1S/C14H23NO2/c1-4-17-14-8-6-5-7-13(14)10-15-11(2)9-12(3)16/h5-8,11-12,15-16H,4,9-10H2,1-3H3. The van der Waals surface area contributed by atoms with Crippen LogP contribution >= 0.6 is 0 Å². The number of para-hydroxylation sites is 1. The van der Waals surface area contributed by atoms with Crippen molar-refractivity contribution in [1.82, 2.24) is 5.32 Å². The Labute approximate surface area is 104 Å². The Kier molecular flexibility index (Phi) is 6.01. The van der Waals surface area contributed by atoms with Gasteiger partial charge in [-0.1, -0.05) is 18.2 Å².